The zero-order chi connectivity index (χ0) is 21.3. The fraction of sp³-hybridized carbons (Fsp3) is 0.455. The van der Waals surface area contributed by atoms with Gasteiger partial charge in [0.25, 0.3) is 0 Å². The third-order valence-corrected chi connectivity index (χ3v) is 7.30. The average molecular weight is 431 g/mol. The van der Waals surface area contributed by atoms with E-state index in [-0.39, 0.29) is 11.7 Å². The molecule has 3 aromatic rings. The summed E-state index contributed by atoms with van der Waals surface area (Å²) in [6.07, 6.45) is 3.29. The normalized spacial score (nSPS) is 17.9. The summed E-state index contributed by atoms with van der Waals surface area (Å²) < 4.78 is 42.8. The van der Waals surface area contributed by atoms with Crippen LogP contribution in [-0.2, 0) is 28.7 Å². The maximum atomic E-state index is 13.4. The van der Waals surface area contributed by atoms with E-state index in [1.54, 1.807) is 18.3 Å². The monoisotopic (exact) mass is 430 g/mol. The van der Waals surface area contributed by atoms with E-state index in [2.05, 4.69) is 23.4 Å². The first-order chi connectivity index (χ1) is 14.3. The van der Waals surface area contributed by atoms with Gasteiger partial charge in [-0.25, -0.2) is 27.1 Å². The Kier molecular flexibility index (Phi) is 5.88. The summed E-state index contributed by atoms with van der Waals surface area (Å²) in [5.41, 5.74) is 2.24. The van der Waals surface area contributed by atoms with Crippen molar-refractivity contribution in [2.24, 2.45) is 11.8 Å². The molecular weight excluding hydrogens is 403 g/mol. The van der Waals surface area contributed by atoms with E-state index in [4.69, 9.17) is 4.98 Å². The molecule has 6 nitrogen and oxygen atoms in total. The molecule has 160 valence electrons. The van der Waals surface area contributed by atoms with Gasteiger partial charge in [-0.1, -0.05) is 26.0 Å². The van der Waals surface area contributed by atoms with Crippen molar-refractivity contribution in [2.45, 2.75) is 39.0 Å². The molecule has 0 amide bonds. The Morgan fingerprint density at radius 3 is 2.83 bits per heavy atom. The largest absolute Gasteiger partial charge is 0.312 e. The molecule has 1 fully saturated rings. The molecule has 0 spiro atoms. The van der Waals surface area contributed by atoms with E-state index >= 15 is 0 Å². The maximum Gasteiger partial charge on any atom is 0.218 e. The van der Waals surface area contributed by atoms with Crippen molar-refractivity contribution in [3.63, 3.8) is 0 Å². The lowest BCUT2D eigenvalue weighted by Gasteiger charge is -2.17. The molecule has 30 heavy (non-hydrogen) atoms. The van der Waals surface area contributed by atoms with Gasteiger partial charge in [0.2, 0.25) is 10.0 Å². The number of hydrogen-bond donors (Lipinski definition) is 0. The Balaban J connectivity index is 1.49. The van der Waals surface area contributed by atoms with Crippen LogP contribution in [0.15, 0.2) is 42.6 Å². The minimum Gasteiger partial charge on any atom is -0.312 e. The lowest BCUT2D eigenvalue weighted by atomic mass is 10.0. The van der Waals surface area contributed by atoms with Gasteiger partial charge in [-0.15, -0.1) is 0 Å². The molecule has 0 aliphatic carbocycles. The Morgan fingerprint density at radius 2 is 2.07 bits per heavy atom. The minimum atomic E-state index is -3.48. The van der Waals surface area contributed by atoms with Gasteiger partial charge in [0.05, 0.1) is 5.75 Å². The van der Waals surface area contributed by atoms with Crippen molar-refractivity contribution in [2.75, 3.05) is 13.1 Å². The number of benzene rings is 1. The molecule has 0 unspecified atom stereocenters. The smallest absolute Gasteiger partial charge is 0.218 e. The van der Waals surface area contributed by atoms with Crippen LogP contribution in [0.4, 0.5) is 4.39 Å². The number of pyridine rings is 1. The second-order valence-corrected chi connectivity index (χ2v) is 10.5. The topological polar surface area (TPSA) is 68.1 Å². The van der Waals surface area contributed by atoms with Gasteiger partial charge in [-0.3, -0.25) is 0 Å². The van der Waals surface area contributed by atoms with Crippen molar-refractivity contribution in [3.8, 4) is 0 Å². The molecule has 1 atom stereocenters. The number of rotatable bonds is 7. The Morgan fingerprint density at radius 1 is 1.23 bits per heavy atom. The second kappa shape index (κ2) is 8.43. The van der Waals surface area contributed by atoms with Crippen LogP contribution in [0.25, 0.3) is 11.2 Å². The van der Waals surface area contributed by atoms with Crippen molar-refractivity contribution in [3.05, 3.63) is 59.8 Å². The van der Waals surface area contributed by atoms with Crippen LogP contribution in [0, 0.1) is 17.7 Å². The summed E-state index contributed by atoms with van der Waals surface area (Å²) in [4.78, 5) is 9.29. The van der Waals surface area contributed by atoms with Crippen molar-refractivity contribution in [1.82, 2.24) is 18.8 Å². The first-order valence-corrected chi connectivity index (χ1v) is 11.9. The molecule has 0 saturated carbocycles. The van der Waals surface area contributed by atoms with Gasteiger partial charge in [-0.05, 0) is 48.1 Å². The summed E-state index contributed by atoms with van der Waals surface area (Å²) in [6, 6.07) is 9.64. The molecule has 2 aromatic heterocycles. The van der Waals surface area contributed by atoms with E-state index < -0.39 is 15.8 Å². The highest BCUT2D eigenvalue weighted by molar-refractivity contribution is 7.88. The highest BCUT2D eigenvalue weighted by Crippen LogP contribution is 2.26. The molecule has 8 heteroatoms. The van der Waals surface area contributed by atoms with Crippen LogP contribution >= 0.6 is 0 Å². The van der Waals surface area contributed by atoms with E-state index in [1.807, 2.05) is 12.1 Å². The summed E-state index contributed by atoms with van der Waals surface area (Å²) in [7, 11) is -3.48. The molecular formula is C22H27FN4O2S. The molecule has 0 bridgehead atoms. The number of hydrogen-bond acceptors (Lipinski definition) is 4. The molecule has 1 aliphatic heterocycles. The van der Waals surface area contributed by atoms with Crippen LogP contribution < -0.4 is 0 Å². The number of imidazole rings is 1. The van der Waals surface area contributed by atoms with E-state index in [1.165, 1.54) is 16.4 Å². The van der Waals surface area contributed by atoms with Crippen LogP contribution in [0.2, 0.25) is 0 Å². The average Bonchev–Trinajstić information content (AvgIpc) is 3.27. The summed E-state index contributed by atoms with van der Waals surface area (Å²) in [5, 5.41) is 0. The summed E-state index contributed by atoms with van der Waals surface area (Å²) in [5.74, 6) is 1.03. The van der Waals surface area contributed by atoms with Gasteiger partial charge in [-0.2, -0.15) is 0 Å². The molecule has 3 heterocycles. The molecule has 1 saturated heterocycles. The summed E-state index contributed by atoms with van der Waals surface area (Å²) in [6.45, 7) is 6.11. The number of aromatic nitrogens is 3. The molecule has 0 radical (unpaired) electrons. The third kappa shape index (κ3) is 4.54. The number of nitrogens with zero attached hydrogens (tertiary/aromatic N) is 4. The van der Waals surface area contributed by atoms with Gasteiger partial charge in [0, 0.05) is 32.3 Å². The lowest BCUT2D eigenvalue weighted by Crippen LogP contribution is -2.30. The minimum absolute atomic E-state index is 0.173. The fourth-order valence-electron chi connectivity index (χ4n) is 4.12. The fourth-order valence-corrected chi connectivity index (χ4v) is 5.73. The number of fused-ring (bicyclic) bond motifs is 1. The van der Waals surface area contributed by atoms with Crippen molar-refractivity contribution in [1.29, 1.82) is 0 Å². The quantitative estimate of drug-likeness (QED) is 0.574. The Bertz CT molecular complexity index is 1140. The van der Waals surface area contributed by atoms with Gasteiger partial charge < -0.3 is 4.57 Å². The number of sulfonamides is 1. The second-order valence-electron chi connectivity index (χ2n) is 8.48. The van der Waals surface area contributed by atoms with Gasteiger partial charge in [0.15, 0.2) is 5.65 Å². The highest BCUT2D eigenvalue weighted by Gasteiger charge is 2.32. The standard InChI is InChI=1S/C22H27FN4O2S/c1-16(2)13-27-21(25-20-7-4-9-24-22(20)27)12-17-8-10-26(14-17)30(28,29)15-18-5-3-6-19(23)11-18/h3-7,9,11,16-17H,8,10,12-15H2,1-2H3/t17-/m1/s1. The molecule has 4 rings (SSSR count). The first kappa shape index (κ1) is 20.9. The zero-order valence-electron chi connectivity index (χ0n) is 17.3. The predicted molar refractivity (Wildman–Crippen MR) is 115 cm³/mol. The molecule has 0 N–H and O–H groups in total. The maximum absolute atomic E-state index is 13.4. The van der Waals surface area contributed by atoms with Crippen LogP contribution in [0.3, 0.4) is 0 Å². The van der Waals surface area contributed by atoms with E-state index in [0.717, 1.165) is 36.4 Å². The van der Waals surface area contributed by atoms with Crippen LogP contribution in [0.1, 0.15) is 31.7 Å². The van der Waals surface area contributed by atoms with Gasteiger partial charge >= 0.3 is 0 Å². The number of halogens is 1. The van der Waals surface area contributed by atoms with E-state index in [9.17, 15) is 12.8 Å². The Labute approximate surface area is 176 Å². The third-order valence-electron chi connectivity index (χ3n) is 5.48. The molecule has 1 aliphatic rings. The highest BCUT2D eigenvalue weighted by atomic mass is 32.2. The lowest BCUT2D eigenvalue weighted by molar-refractivity contribution is 0.444. The first-order valence-electron chi connectivity index (χ1n) is 10.3. The van der Waals surface area contributed by atoms with Crippen LogP contribution in [-0.4, -0.2) is 40.3 Å². The van der Waals surface area contributed by atoms with Gasteiger partial charge in [0.1, 0.15) is 17.2 Å². The van der Waals surface area contributed by atoms with E-state index in [0.29, 0.717) is 24.6 Å². The zero-order valence-corrected chi connectivity index (χ0v) is 18.1. The predicted octanol–water partition coefficient (Wildman–Crippen LogP) is 3.62. The SMILES string of the molecule is CC(C)Cn1c(C[C@H]2CCN(S(=O)(=O)Cc3cccc(F)c3)C2)nc2cccnc21. The molecule has 1 aromatic carbocycles. The van der Waals surface area contributed by atoms with Crippen LogP contribution in [0.5, 0.6) is 0 Å². The summed E-state index contributed by atoms with van der Waals surface area (Å²) >= 11 is 0. The van der Waals surface area contributed by atoms with Crippen molar-refractivity contribution < 1.29 is 12.8 Å². The van der Waals surface area contributed by atoms with Crippen molar-refractivity contribution >= 4 is 21.2 Å². The Hall–Kier alpha value is -2.32.